The first kappa shape index (κ1) is 14.4. The molecule has 1 saturated heterocycles. The van der Waals surface area contributed by atoms with Gasteiger partial charge in [-0.2, -0.15) is 0 Å². The molecule has 0 spiro atoms. The van der Waals surface area contributed by atoms with E-state index in [0.29, 0.717) is 6.10 Å². The Morgan fingerprint density at radius 1 is 1.33 bits per heavy atom. The second-order valence-electron chi connectivity index (χ2n) is 2.24. The molecule has 12 heavy (non-hydrogen) atoms. The van der Waals surface area contributed by atoms with Crippen LogP contribution in [0.5, 0.6) is 0 Å². The summed E-state index contributed by atoms with van der Waals surface area (Å²) in [7, 11) is 1.00. The van der Waals surface area contributed by atoms with Crippen molar-refractivity contribution in [2.45, 2.75) is 33.3 Å². The maximum atomic E-state index is 7.00. The van der Waals surface area contributed by atoms with Gasteiger partial charge in [0.05, 0.1) is 6.10 Å². The molecule has 0 aromatic heterocycles. The number of nitrogens with one attached hydrogen (secondary N) is 1. The van der Waals surface area contributed by atoms with Gasteiger partial charge < -0.3 is 15.2 Å². The second kappa shape index (κ2) is 13.5. The van der Waals surface area contributed by atoms with Gasteiger partial charge in [-0.05, 0) is 19.9 Å². The molecule has 1 aliphatic rings. The molecule has 1 fully saturated rings. The Bertz CT molecular complexity index is 61.5. The number of ether oxygens (including phenoxy) is 1. The average molecular weight is 177 g/mol. The molecule has 2 N–H and O–H groups in total. The maximum Gasteiger partial charge on any atom is 0.0671 e. The van der Waals surface area contributed by atoms with Crippen LogP contribution in [0.4, 0.5) is 0 Å². The first-order valence-electron chi connectivity index (χ1n) is 4.66. The van der Waals surface area contributed by atoms with Crippen molar-refractivity contribution in [1.82, 2.24) is 5.32 Å². The molecule has 1 heterocycles. The van der Waals surface area contributed by atoms with Crippen LogP contribution < -0.4 is 5.32 Å². The van der Waals surface area contributed by atoms with Crippen molar-refractivity contribution in [3.63, 3.8) is 0 Å². The van der Waals surface area contributed by atoms with Crippen LogP contribution >= 0.6 is 0 Å². The lowest BCUT2D eigenvalue weighted by molar-refractivity contribution is 0.0804. The molecular formula is C9H23NO2. The SMILES string of the molecule is CC.CC1CNCCCO1.CO. The summed E-state index contributed by atoms with van der Waals surface area (Å²) in [5.41, 5.74) is 0. The van der Waals surface area contributed by atoms with E-state index in [-0.39, 0.29) is 0 Å². The summed E-state index contributed by atoms with van der Waals surface area (Å²) in [5.74, 6) is 0. The standard InChI is InChI=1S/C6H13NO.C2H6.CH4O/c1-6-5-7-3-2-4-8-6;2*1-2/h6-7H,2-5H2,1H3;1-2H3;2H,1H3. The van der Waals surface area contributed by atoms with Gasteiger partial charge in [0.15, 0.2) is 0 Å². The fourth-order valence-electron chi connectivity index (χ4n) is 0.846. The van der Waals surface area contributed by atoms with Gasteiger partial charge in [0.1, 0.15) is 0 Å². The van der Waals surface area contributed by atoms with Crippen molar-refractivity contribution in [3.8, 4) is 0 Å². The average Bonchev–Trinajstić information content (AvgIpc) is 2.40. The highest BCUT2D eigenvalue weighted by molar-refractivity contribution is 4.59. The molecule has 1 unspecified atom stereocenters. The Morgan fingerprint density at radius 2 is 1.92 bits per heavy atom. The molecule has 3 heteroatoms. The molecule has 1 atom stereocenters. The molecule has 0 saturated carbocycles. The third kappa shape index (κ3) is 9.88. The van der Waals surface area contributed by atoms with Gasteiger partial charge in [-0.3, -0.25) is 0 Å². The van der Waals surface area contributed by atoms with Gasteiger partial charge in [-0.15, -0.1) is 0 Å². The topological polar surface area (TPSA) is 41.5 Å². The summed E-state index contributed by atoms with van der Waals surface area (Å²) >= 11 is 0. The highest BCUT2D eigenvalue weighted by atomic mass is 16.5. The van der Waals surface area contributed by atoms with Crippen LogP contribution in [-0.4, -0.2) is 38.0 Å². The number of hydrogen-bond acceptors (Lipinski definition) is 3. The van der Waals surface area contributed by atoms with Crippen molar-refractivity contribution < 1.29 is 9.84 Å². The Hall–Kier alpha value is -0.120. The van der Waals surface area contributed by atoms with Crippen molar-refractivity contribution in [1.29, 1.82) is 0 Å². The van der Waals surface area contributed by atoms with Crippen LogP contribution in [0.1, 0.15) is 27.2 Å². The van der Waals surface area contributed by atoms with E-state index in [1.54, 1.807) is 0 Å². The number of hydrogen-bond donors (Lipinski definition) is 2. The quantitative estimate of drug-likeness (QED) is 0.580. The van der Waals surface area contributed by atoms with Crippen LogP contribution in [0, 0.1) is 0 Å². The van der Waals surface area contributed by atoms with Crippen molar-refractivity contribution >= 4 is 0 Å². The predicted molar refractivity (Wildman–Crippen MR) is 52.4 cm³/mol. The van der Waals surface area contributed by atoms with E-state index in [0.717, 1.165) is 33.2 Å². The molecule has 0 radical (unpaired) electrons. The lowest BCUT2D eigenvalue weighted by Crippen LogP contribution is -2.22. The summed E-state index contributed by atoms with van der Waals surface area (Å²) < 4.78 is 5.34. The van der Waals surface area contributed by atoms with Gasteiger partial charge in [0.2, 0.25) is 0 Å². The fraction of sp³-hybridized carbons (Fsp3) is 1.00. The van der Waals surface area contributed by atoms with Crippen LogP contribution in [0.2, 0.25) is 0 Å². The predicted octanol–water partition coefficient (Wildman–Crippen LogP) is 1.02. The minimum absolute atomic E-state index is 0.414. The van der Waals surface area contributed by atoms with Gasteiger partial charge in [0.25, 0.3) is 0 Å². The largest absolute Gasteiger partial charge is 0.400 e. The molecule has 0 amide bonds. The van der Waals surface area contributed by atoms with E-state index in [9.17, 15) is 0 Å². The smallest absolute Gasteiger partial charge is 0.0671 e. The van der Waals surface area contributed by atoms with E-state index >= 15 is 0 Å². The van der Waals surface area contributed by atoms with Crippen LogP contribution in [-0.2, 0) is 4.74 Å². The Morgan fingerprint density at radius 3 is 2.50 bits per heavy atom. The lowest BCUT2D eigenvalue weighted by Gasteiger charge is -2.05. The van der Waals surface area contributed by atoms with Gasteiger partial charge >= 0.3 is 0 Å². The minimum atomic E-state index is 0.414. The molecular weight excluding hydrogens is 154 g/mol. The Balaban J connectivity index is 0. The van der Waals surface area contributed by atoms with Gasteiger partial charge in [0, 0.05) is 20.3 Å². The van der Waals surface area contributed by atoms with Crippen molar-refractivity contribution in [3.05, 3.63) is 0 Å². The zero-order valence-corrected chi connectivity index (χ0v) is 8.76. The zero-order valence-electron chi connectivity index (χ0n) is 8.76. The Labute approximate surface area is 76.1 Å². The molecule has 0 aromatic rings. The molecule has 1 rings (SSSR count). The number of rotatable bonds is 0. The minimum Gasteiger partial charge on any atom is -0.400 e. The van der Waals surface area contributed by atoms with Crippen LogP contribution in [0.3, 0.4) is 0 Å². The second-order valence-corrected chi connectivity index (χ2v) is 2.24. The monoisotopic (exact) mass is 177 g/mol. The zero-order chi connectivity index (χ0) is 9.82. The highest BCUT2D eigenvalue weighted by Crippen LogP contribution is 1.94. The van der Waals surface area contributed by atoms with E-state index in [2.05, 4.69) is 12.2 Å². The molecule has 76 valence electrons. The summed E-state index contributed by atoms with van der Waals surface area (Å²) in [6, 6.07) is 0. The first-order chi connectivity index (χ1) is 5.89. The van der Waals surface area contributed by atoms with E-state index in [4.69, 9.17) is 9.84 Å². The van der Waals surface area contributed by atoms with Gasteiger partial charge in [-0.1, -0.05) is 13.8 Å². The third-order valence-electron chi connectivity index (χ3n) is 1.33. The number of aliphatic hydroxyl groups excluding tert-OH is 1. The summed E-state index contributed by atoms with van der Waals surface area (Å²) in [6.45, 7) is 9.15. The van der Waals surface area contributed by atoms with Crippen molar-refractivity contribution in [2.75, 3.05) is 26.8 Å². The van der Waals surface area contributed by atoms with Crippen molar-refractivity contribution in [2.24, 2.45) is 0 Å². The van der Waals surface area contributed by atoms with Crippen LogP contribution in [0.15, 0.2) is 0 Å². The molecule has 0 aliphatic carbocycles. The van der Waals surface area contributed by atoms with Gasteiger partial charge in [-0.25, -0.2) is 0 Å². The normalized spacial score (nSPS) is 22.2. The Kier molecular flexibility index (Phi) is 16.2. The van der Waals surface area contributed by atoms with E-state index in [1.165, 1.54) is 0 Å². The maximum absolute atomic E-state index is 7.00. The third-order valence-corrected chi connectivity index (χ3v) is 1.33. The first-order valence-corrected chi connectivity index (χ1v) is 4.66. The molecule has 0 bridgehead atoms. The van der Waals surface area contributed by atoms with E-state index in [1.807, 2.05) is 13.8 Å². The molecule has 1 aliphatic heterocycles. The highest BCUT2D eigenvalue weighted by Gasteiger charge is 2.03. The fourth-order valence-corrected chi connectivity index (χ4v) is 0.846. The number of aliphatic hydroxyl groups is 1. The summed E-state index contributed by atoms with van der Waals surface area (Å²) in [5, 5.41) is 10.3. The lowest BCUT2D eigenvalue weighted by atomic mass is 10.4. The van der Waals surface area contributed by atoms with E-state index < -0.39 is 0 Å². The molecule has 0 aromatic carbocycles. The molecule has 3 nitrogen and oxygen atoms in total. The summed E-state index contributed by atoms with van der Waals surface area (Å²) in [4.78, 5) is 0. The summed E-state index contributed by atoms with van der Waals surface area (Å²) in [6.07, 6.45) is 1.57. The van der Waals surface area contributed by atoms with Crippen LogP contribution in [0.25, 0.3) is 0 Å².